The first-order chi connectivity index (χ1) is 15.1. The zero-order chi connectivity index (χ0) is 21.3. The number of carbonyl (C=O) groups is 3. The highest BCUT2D eigenvalue weighted by atomic mass is 35.5. The van der Waals surface area contributed by atoms with E-state index in [1.165, 1.54) is 9.80 Å². The fraction of sp³-hybridized carbons (Fsp3) is 0.320. The minimum atomic E-state index is -0.337. The molecule has 5 aliphatic rings. The molecule has 2 bridgehead atoms. The van der Waals surface area contributed by atoms with Gasteiger partial charge < -0.3 is 0 Å². The summed E-state index contributed by atoms with van der Waals surface area (Å²) in [6.07, 6.45) is 5.42. The van der Waals surface area contributed by atoms with E-state index in [0.717, 1.165) is 6.42 Å². The number of benzene rings is 2. The molecule has 0 spiro atoms. The van der Waals surface area contributed by atoms with Crippen molar-refractivity contribution < 1.29 is 14.4 Å². The highest BCUT2D eigenvalue weighted by Crippen LogP contribution is 2.65. The third-order valence-electron chi connectivity index (χ3n) is 7.45. The number of para-hydroxylation sites is 1. The molecule has 0 radical (unpaired) electrons. The van der Waals surface area contributed by atoms with E-state index < -0.39 is 0 Å². The molecule has 6 atom stereocenters. The van der Waals surface area contributed by atoms with Crippen LogP contribution in [0.15, 0.2) is 66.7 Å². The number of imide groups is 1. The maximum absolute atomic E-state index is 13.5. The number of carbonyl (C=O) groups excluding carboxylic acids is 3. The van der Waals surface area contributed by atoms with Gasteiger partial charge in [-0.15, -0.1) is 0 Å². The number of likely N-dealkylation sites (tertiary alicyclic amines) is 1. The lowest BCUT2D eigenvalue weighted by molar-refractivity contribution is -0.140. The summed E-state index contributed by atoms with van der Waals surface area (Å²) >= 11 is 6.29. The number of rotatable bonds is 4. The van der Waals surface area contributed by atoms with Crippen molar-refractivity contribution in [2.24, 2.45) is 35.5 Å². The van der Waals surface area contributed by atoms with Crippen LogP contribution in [0.25, 0.3) is 0 Å². The normalized spacial score (nSPS) is 32.1. The Labute approximate surface area is 185 Å². The van der Waals surface area contributed by atoms with Gasteiger partial charge in [0.15, 0.2) is 0 Å². The molecule has 4 aliphatic carbocycles. The average Bonchev–Trinajstić information content (AvgIpc) is 3.58. The molecule has 0 N–H and O–H groups in total. The Hall–Kier alpha value is -2.92. The summed E-state index contributed by atoms with van der Waals surface area (Å²) in [6, 6.07) is 15.9. The van der Waals surface area contributed by atoms with Gasteiger partial charge in [-0.05, 0) is 54.4 Å². The lowest BCUT2D eigenvalue weighted by atomic mass is 9.63. The number of halogens is 1. The number of anilines is 1. The predicted molar refractivity (Wildman–Crippen MR) is 116 cm³/mol. The number of nitrogens with zero attached hydrogens (tertiary/aromatic N) is 2. The Morgan fingerprint density at radius 3 is 2.10 bits per heavy atom. The lowest BCUT2D eigenvalue weighted by Gasteiger charge is -2.37. The minimum Gasteiger partial charge on any atom is -0.290 e. The van der Waals surface area contributed by atoms with E-state index in [1.54, 1.807) is 36.4 Å². The van der Waals surface area contributed by atoms with E-state index >= 15 is 0 Å². The highest BCUT2D eigenvalue weighted by Gasteiger charge is 2.67. The van der Waals surface area contributed by atoms with Crippen LogP contribution in [0.2, 0.25) is 5.02 Å². The van der Waals surface area contributed by atoms with Crippen molar-refractivity contribution in [3.63, 3.8) is 0 Å². The van der Waals surface area contributed by atoms with Crippen molar-refractivity contribution in [1.29, 1.82) is 0 Å². The first kappa shape index (κ1) is 18.8. The maximum atomic E-state index is 13.5. The first-order valence-corrected chi connectivity index (χ1v) is 11.1. The summed E-state index contributed by atoms with van der Waals surface area (Å²) in [4.78, 5) is 43.0. The molecule has 0 unspecified atom stereocenters. The van der Waals surface area contributed by atoms with Gasteiger partial charge >= 0.3 is 0 Å². The molecule has 31 heavy (non-hydrogen) atoms. The van der Waals surface area contributed by atoms with Crippen LogP contribution in [0.1, 0.15) is 16.8 Å². The molecular formula is C25H21ClN2O3. The highest BCUT2D eigenvalue weighted by molar-refractivity contribution is 6.34. The molecule has 3 fully saturated rings. The van der Waals surface area contributed by atoms with E-state index in [9.17, 15) is 14.4 Å². The first-order valence-electron chi connectivity index (χ1n) is 10.7. The van der Waals surface area contributed by atoms with Crippen molar-refractivity contribution in [3.05, 3.63) is 77.3 Å². The van der Waals surface area contributed by atoms with E-state index in [4.69, 9.17) is 11.6 Å². The molecule has 156 valence electrons. The lowest BCUT2D eigenvalue weighted by Crippen LogP contribution is -2.45. The molecule has 5 nitrogen and oxygen atoms in total. The van der Waals surface area contributed by atoms with Crippen molar-refractivity contribution in [3.8, 4) is 0 Å². The Bertz CT molecular complexity index is 1090. The number of amides is 3. The van der Waals surface area contributed by atoms with Crippen molar-refractivity contribution in [2.75, 3.05) is 11.6 Å². The number of hydrogen-bond donors (Lipinski definition) is 0. The molecule has 1 aliphatic heterocycles. The third kappa shape index (κ3) is 2.72. The second-order valence-corrected chi connectivity index (χ2v) is 9.36. The Morgan fingerprint density at radius 2 is 1.48 bits per heavy atom. The molecule has 6 heteroatoms. The molecule has 2 saturated carbocycles. The SMILES string of the molecule is O=C1[C@@H]2[C@H]3C=C[C@@H]([C@@H]4C[C@H]34)[C@H]2C(=O)N1CN(C(=O)c1ccccc1Cl)c1ccccc1. The Balaban J connectivity index is 1.35. The van der Waals surface area contributed by atoms with Gasteiger partial charge in [-0.2, -0.15) is 0 Å². The van der Waals surface area contributed by atoms with Crippen molar-refractivity contribution >= 4 is 35.0 Å². The van der Waals surface area contributed by atoms with Crippen LogP contribution in [0.5, 0.6) is 0 Å². The quantitative estimate of drug-likeness (QED) is 0.542. The fourth-order valence-electron chi connectivity index (χ4n) is 5.95. The smallest absolute Gasteiger partial charge is 0.261 e. The second-order valence-electron chi connectivity index (χ2n) is 8.95. The van der Waals surface area contributed by atoms with Crippen molar-refractivity contribution in [1.82, 2.24) is 4.90 Å². The van der Waals surface area contributed by atoms with Crippen LogP contribution < -0.4 is 4.90 Å². The largest absolute Gasteiger partial charge is 0.290 e. The predicted octanol–water partition coefficient (Wildman–Crippen LogP) is 4.00. The van der Waals surface area contributed by atoms with Crippen LogP contribution >= 0.6 is 11.6 Å². The van der Waals surface area contributed by atoms with E-state index in [0.29, 0.717) is 28.1 Å². The fourth-order valence-corrected chi connectivity index (χ4v) is 6.17. The molecule has 1 heterocycles. The zero-order valence-electron chi connectivity index (χ0n) is 16.7. The van der Waals surface area contributed by atoms with Crippen LogP contribution in [0.3, 0.4) is 0 Å². The van der Waals surface area contributed by atoms with E-state index in [1.807, 2.05) is 18.2 Å². The summed E-state index contributed by atoms with van der Waals surface area (Å²) in [7, 11) is 0. The van der Waals surface area contributed by atoms with Crippen LogP contribution in [-0.4, -0.2) is 29.3 Å². The molecule has 2 aromatic carbocycles. The minimum absolute atomic E-state index is 0.104. The van der Waals surface area contributed by atoms with Crippen LogP contribution in [0, 0.1) is 35.5 Å². The summed E-state index contributed by atoms with van der Waals surface area (Å²) in [5, 5.41) is 0.337. The van der Waals surface area contributed by atoms with Gasteiger partial charge in [0.05, 0.1) is 22.4 Å². The van der Waals surface area contributed by atoms with Crippen molar-refractivity contribution in [2.45, 2.75) is 6.42 Å². The van der Waals surface area contributed by atoms with E-state index in [2.05, 4.69) is 12.2 Å². The molecule has 0 aromatic heterocycles. The Morgan fingerprint density at radius 1 is 0.903 bits per heavy atom. The van der Waals surface area contributed by atoms with Gasteiger partial charge in [0, 0.05) is 5.69 Å². The second kappa shape index (κ2) is 6.79. The van der Waals surface area contributed by atoms with Gasteiger partial charge in [-0.3, -0.25) is 24.2 Å². The number of hydrogen-bond acceptors (Lipinski definition) is 3. The Kier molecular flexibility index (Phi) is 4.12. The monoisotopic (exact) mass is 432 g/mol. The molecule has 7 rings (SSSR count). The maximum Gasteiger partial charge on any atom is 0.261 e. The standard InChI is InChI=1S/C25H21ClN2O3/c26-20-9-5-4-8-17(20)23(29)27(14-6-2-1-3-7-14)13-28-24(30)21-15-10-11-16(19-12-18(15)19)22(21)25(28)31/h1-11,15-16,18-19,21-22H,12-13H2/t15-,16-,18-,19+,21+,22+/m0/s1. The van der Waals surface area contributed by atoms with Gasteiger partial charge in [0.2, 0.25) is 11.8 Å². The molecule has 2 aromatic rings. The summed E-state index contributed by atoms with van der Waals surface area (Å²) in [5.41, 5.74) is 0.958. The summed E-state index contributed by atoms with van der Waals surface area (Å²) in [6.45, 7) is -0.104. The molecule has 3 amide bonds. The third-order valence-corrected chi connectivity index (χ3v) is 7.78. The van der Waals surface area contributed by atoms with Gasteiger partial charge in [-0.1, -0.05) is 54.1 Å². The van der Waals surface area contributed by atoms with Gasteiger partial charge in [-0.25, -0.2) is 0 Å². The van der Waals surface area contributed by atoms with Gasteiger partial charge in [0.25, 0.3) is 5.91 Å². The number of allylic oxidation sites excluding steroid dienone is 2. The summed E-state index contributed by atoms with van der Waals surface area (Å²) in [5.74, 6) is 0.220. The summed E-state index contributed by atoms with van der Waals surface area (Å²) < 4.78 is 0. The van der Waals surface area contributed by atoms with Crippen LogP contribution in [-0.2, 0) is 9.59 Å². The van der Waals surface area contributed by atoms with Gasteiger partial charge in [0.1, 0.15) is 6.67 Å². The zero-order valence-corrected chi connectivity index (χ0v) is 17.5. The molecular weight excluding hydrogens is 412 g/mol. The topological polar surface area (TPSA) is 57.7 Å². The van der Waals surface area contributed by atoms with E-state index in [-0.39, 0.29) is 48.1 Å². The molecule has 1 saturated heterocycles. The van der Waals surface area contributed by atoms with Crippen LogP contribution in [0.4, 0.5) is 5.69 Å². The average molecular weight is 433 g/mol.